The van der Waals surface area contributed by atoms with Crippen molar-refractivity contribution in [3.63, 3.8) is 0 Å². The molecule has 0 atom stereocenters. The highest BCUT2D eigenvalue weighted by molar-refractivity contribution is 14.1. The van der Waals surface area contributed by atoms with E-state index in [0.717, 1.165) is 0 Å². The maximum Gasteiger partial charge on any atom is 0.171 e. The van der Waals surface area contributed by atoms with Crippen molar-refractivity contribution in [2.45, 2.75) is 28.2 Å². The lowest BCUT2D eigenvalue weighted by Gasteiger charge is -2.62. The number of alkyl halides is 1. The second kappa shape index (κ2) is 3.53. The average Bonchev–Trinajstić information content (AvgIpc) is 2.35. The van der Waals surface area contributed by atoms with E-state index in [0.29, 0.717) is 8.96 Å². The molecule has 0 aromatic carbocycles. The maximum absolute atomic E-state index is 4.06. The fraction of sp³-hybridized carbons (Fsp3) is 0.333. The van der Waals surface area contributed by atoms with Gasteiger partial charge in [-0.3, -0.25) is 4.98 Å². The highest BCUT2D eigenvalue weighted by Gasteiger charge is 2.73. The van der Waals surface area contributed by atoms with E-state index < -0.39 is 0 Å². The summed E-state index contributed by atoms with van der Waals surface area (Å²) in [4.78, 5) is 4.06. The molecule has 0 amide bonds. The van der Waals surface area contributed by atoms with Crippen LogP contribution in [0.2, 0.25) is 0 Å². The second-order valence-corrected chi connectivity index (χ2v) is 7.92. The van der Waals surface area contributed by atoms with Crippen molar-refractivity contribution in [3.05, 3.63) is 49.1 Å². The van der Waals surface area contributed by atoms with Gasteiger partial charge in [0.1, 0.15) is 0 Å². The van der Waals surface area contributed by atoms with Crippen LogP contribution < -0.4 is 4.57 Å². The summed E-state index contributed by atoms with van der Waals surface area (Å²) >= 11 is 2.63. The third kappa shape index (κ3) is 1.46. The van der Waals surface area contributed by atoms with Crippen LogP contribution in [0.25, 0.3) is 11.1 Å². The molecule has 0 radical (unpaired) electrons. The van der Waals surface area contributed by atoms with Gasteiger partial charge in [-0.15, -0.1) is 0 Å². The molecule has 2 aromatic rings. The Kier molecular flexibility index (Phi) is 2.14. The number of pyridine rings is 2. The minimum Gasteiger partial charge on any atom is -0.265 e. The number of halogens is 1. The normalized spacial score (nSPS) is 32.5. The minimum absolute atomic E-state index is 0.456. The molecular formula is C15H14IN2+. The first-order valence-corrected chi connectivity index (χ1v) is 7.38. The summed E-state index contributed by atoms with van der Waals surface area (Å²) in [5.74, 6) is 0. The Morgan fingerprint density at radius 1 is 0.944 bits per heavy atom. The summed E-state index contributed by atoms with van der Waals surface area (Å²) < 4.78 is 3.05. The molecule has 18 heavy (non-hydrogen) atoms. The lowest BCUT2D eigenvalue weighted by atomic mass is 9.49. The third-order valence-corrected chi connectivity index (χ3v) is 5.47. The molecule has 90 valence electrons. The standard InChI is InChI=1S/C15H14IN2/c16-14-9-15(10-14,11-14)18-7-3-13(4-8-18)12-1-5-17-6-2-12/h1-8H,9-11H2/q+1. The predicted octanol–water partition coefficient (Wildman–Crippen LogP) is 3.10. The number of hydrogen-bond donors (Lipinski definition) is 0. The van der Waals surface area contributed by atoms with Gasteiger partial charge in [0.25, 0.3) is 0 Å². The summed E-state index contributed by atoms with van der Waals surface area (Å²) in [5, 5.41) is 0. The van der Waals surface area contributed by atoms with Gasteiger partial charge in [0.15, 0.2) is 17.9 Å². The van der Waals surface area contributed by atoms with Crippen LogP contribution in [0.3, 0.4) is 0 Å². The Morgan fingerprint density at radius 2 is 1.50 bits per heavy atom. The largest absolute Gasteiger partial charge is 0.265 e. The predicted molar refractivity (Wildman–Crippen MR) is 78.4 cm³/mol. The van der Waals surface area contributed by atoms with Gasteiger partial charge in [0, 0.05) is 47.2 Å². The Balaban J connectivity index is 1.63. The fourth-order valence-corrected chi connectivity index (χ4v) is 5.50. The molecule has 2 nitrogen and oxygen atoms in total. The average molecular weight is 349 g/mol. The van der Waals surface area contributed by atoms with Gasteiger partial charge in [0.2, 0.25) is 0 Å². The number of rotatable bonds is 2. The molecule has 3 saturated carbocycles. The van der Waals surface area contributed by atoms with Crippen molar-refractivity contribution >= 4 is 22.6 Å². The van der Waals surface area contributed by atoms with Gasteiger partial charge in [0.05, 0.1) is 0 Å². The first kappa shape index (κ1) is 10.9. The molecule has 2 aromatic heterocycles. The maximum atomic E-state index is 4.06. The number of nitrogens with zero attached hydrogens (tertiary/aromatic N) is 2. The van der Waals surface area contributed by atoms with E-state index in [1.165, 1.54) is 30.4 Å². The van der Waals surface area contributed by atoms with Crippen LogP contribution in [0, 0.1) is 0 Å². The summed E-state index contributed by atoms with van der Waals surface area (Å²) in [7, 11) is 0. The summed E-state index contributed by atoms with van der Waals surface area (Å²) in [6.45, 7) is 0. The lowest BCUT2D eigenvalue weighted by Crippen LogP contribution is -2.79. The monoisotopic (exact) mass is 349 g/mol. The highest BCUT2D eigenvalue weighted by atomic mass is 127. The first-order valence-electron chi connectivity index (χ1n) is 6.30. The molecule has 2 bridgehead atoms. The van der Waals surface area contributed by atoms with Crippen molar-refractivity contribution in [1.29, 1.82) is 0 Å². The summed E-state index contributed by atoms with van der Waals surface area (Å²) in [6, 6.07) is 8.55. The third-order valence-electron chi connectivity index (χ3n) is 4.33. The molecule has 3 aliphatic carbocycles. The van der Waals surface area contributed by atoms with Gasteiger partial charge < -0.3 is 0 Å². The van der Waals surface area contributed by atoms with Crippen LogP contribution in [0.5, 0.6) is 0 Å². The molecule has 3 fully saturated rings. The quantitative estimate of drug-likeness (QED) is 0.463. The molecule has 5 rings (SSSR count). The summed E-state index contributed by atoms with van der Waals surface area (Å²) in [6.07, 6.45) is 12.2. The molecule has 0 unspecified atom stereocenters. The van der Waals surface area contributed by atoms with Gasteiger partial charge in [-0.2, -0.15) is 4.57 Å². The van der Waals surface area contributed by atoms with Gasteiger partial charge in [-0.25, -0.2) is 0 Å². The number of aromatic nitrogens is 2. The Bertz CT molecular complexity index is 572. The zero-order chi connectivity index (χ0) is 12.2. The fourth-order valence-electron chi connectivity index (χ4n) is 3.37. The SMILES string of the molecule is IC12CC([n+]3ccc(-c4ccncc4)cc3)(C1)C2. The van der Waals surface area contributed by atoms with Crippen LogP contribution in [0.1, 0.15) is 19.3 Å². The van der Waals surface area contributed by atoms with Crippen LogP contribution in [-0.2, 0) is 5.54 Å². The van der Waals surface area contributed by atoms with Crippen LogP contribution in [0.15, 0.2) is 49.1 Å². The second-order valence-electron chi connectivity index (χ2n) is 5.64. The smallest absolute Gasteiger partial charge is 0.171 e. The first-order chi connectivity index (χ1) is 8.69. The van der Waals surface area contributed by atoms with Crippen molar-refractivity contribution in [3.8, 4) is 11.1 Å². The zero-order valence-electron chi connectivity index (χ0n) is 10.0. The van der Waals surface area contributed by atoms with Crippen molar-refractivity contribution in [2.24, 2.45) is 0 Å². The van der Waals surface area contributed by atoms with E-state index in [4.69, 9.17) is 0 Å². The van der Waals surface area contributed by atoms with Gasteiger partial charge in [-0.1, -0.05) is 22.6 Å². The molecule has 0 saturated heterocycles. The lowest BCUT2D eigenvalue weighted by molar-refractivity contribution is -0.800. The van der Waals surface area contributed by atoms with Crippen molar-refractivity contribution < 1.29 is 4.57 Å². The molecule has 0 aliphatic heterocycles. The van der Waals surface area contributed by atoms with E-state index in [1.807, 2.05) is 12.4 Å². The summed E-state index contributed by atoms with van der Waals surface area (Å²) in [5.41, 5.74) is 2.96. The number of hydrogen-bond acceptors (Lipinski definition) is 1. The molecule has 0 spiro atoms. The minimum atomic E-state index is 0.456. The van der Waals surface area contributed by atoms with Crippen molar-refractivity contribution in [1.82, 2.24) is 4.98 Å². The topological polar surface area (TPSA) is 16.8 Å². The molecule has 3 aliphatic rings. The molecule has 2 heterocycles. The van der Waals surface area contributed by atoms with E-state index in [-0.39, 0.29) is 0 Å². The Morgan fingerprint density at radius 3 is 2.06 bits per heavy atom. The molecule has 3 heteroatoms. The van der Waals surface area contributed by atoms with Crippen molar-refractivity contribution in [2.75, 3.05) is 0 Å². The van der Waals surface area contributed by atoms with E-state index in [2.05, 4.69) is 68.8 Å². The molecular weight excluding hydrogens is 335 g/mol. The highest BCUT2D eigenvalue weighted by Crippen LogP contribution is 2.67. The van der Waals surface area contributed by atoms with E-state index >= 15 is 0 Å². The van der Waals surface area contributed by atoms with Gasteiger partial charge in [-0.05, 0) is 23.3 Å². The van der Waals surface area contributed by atoms with E-state index in [9.17, 15) is 0 Å². The Hall–Kier alpha value is -0.970. The molecule has 0 N–H and O–H groups in total. The van der Waals surface area contributed by atoms with Crippen LogP contribution in [-0.4, -0.2) is 8.41 Å². The Labute approximate surface area is 120 Å². The van der Waals surface area contributed by atoms with Gasteiger partial charge >= 0.3 is 0 Å². The van der Waals surface area contributed by atoms with Crippen LogP contribution >= 0.6 is 22.6 Å². The van der Waals surface area contributed by atoms with E-state index in [1.54, 1.807) is 0 Å². The zero-order valence-corrected chi connectivity index (χ0v) is 12.2. The van der Waals surface area contributed by atoms with Crippen LogP contribution in [0.4, 0.5) is 0 Å².